The number of aromatic hydroxyl groups is 1. The third-order valence-electron chi connectivity index (χ3n) is 4.11. The molecule has 1 heterocycles. The number of halogens is 1. The summed E-state index contributed by atoms with van der Waals surface area (Å²) >= 11 is 6.07. The Kier molecular flexibility index (Phi) is 4.82. The SMILES string of the molecule is C=CCn1c(=O)c(C(=O)Nc2ccc(C)c(Cl)c2)c(O)c2ccccc21. The summed E-state index contributed by atoms with van der Waals surface area (Å²) in [5, 5.41) is 14.1. The molecule has 0 aliphatic rings. The van der Waals surface area contributed by atoms with E-state index in [4.69, 9.17) is 11.6 Å². The molecule has 26 heavy (non-hydrogen) atoms. The molecule has 1 amide bonds. The van der Waals surface area contributed by atoms with Crippen molar-refractivity contribution in [2.75, 3.05) is 5.32 Å². The summed E-state index contributed by atoms with van der Waals surface area (Å²) < 4.78 is 1.40. The first-order valence-electron chi connectivity index (χ1n) is 7.97. The molecule has 0 aliphatic carbocycles. The van der Waals surface area contributed by atoms with Crippen molar-refractivity contribution in [1.82, 2.24) is 4.57 Å². The maximum atomic E-state index is 12.8. The van der Waals surface area contributed by atoms with E-state index in [1.165, 1.54) is 4.57 Å². The van der Waals surface area contributed by atoms with E-state index in [9.17, 15) is 14.7 Å². The summed E-state index contributed by atoms with van der Waals surface area (Å²) in [7, 11) is 0. The van der Waals surface area contributed by atoms with Gasteiger partial charge >= 0.3 is 0 Å². The minimum Gasteiger partial charge on any atom is -0.506 e. The number of carbonyl (C=O) groups excluding carboxylic acids is 1. The number of para-hydroxylation sites is 1. The maximum Gasteiger partial charge on any atom is 0.268 e. The zero-order valence-corrected chi connectivity index (χ0v) is 14.9. The van der Waals surface area contributed by atoms with Crippen LogP contribution in [-0.4, -0.2) is 15.6 Å². The van der Waals surface area contributed by atoms with Crippen molar-refractivity contribution in [2.45, 2.75) is 13.5 Å². The van der Waals surface area contributed by atoms with Gasteiger partial charge in [-0.25, -0.2) is 0 Å². The summed E-state index contributed by atoms with van der Waals surface area (Å²) in [4.78, 5) is 25.5. The zero-order valence-electron chi connectivity index (χ0n) is 14.1. The van der Waals surface area contributed by atoms with Gasteiger partial charge in [-0.2, -0.15) is 0 Å². The van der Waals surface area contributed by atoms with E-state index >= 15 is 0 Å². The molecule has 0 radical (unpaired) electrons. The summed E-state index contributed by atoms with van der Waals surface area (Å²) in [5.74, 6) is -1.04. The molecule has 3 rings (SSSR count). The molecule has 0 saturated heterocycles. The number of rotatable bonds is 4. The predicted octanol–water partition coefficient (Wildman–Crippen LogP) is 4.11. The second kappa shape index (κ2) is 7.06. The van der Waals surface area contributed by atoms with Crippen LogP contribution in [0.4, 0.5) is 5.69 Å². The van der Waals surface area contributed by atoms with Crippen LogP contribution < -0.4 is 10.9 Å². The van der Waals surface area contributed by atoms with Crippen LogP contribution in [0.3, 0.4) is 0 Å². The summed E-state index contributed by atoms with van der Waals surface area (Å²) in [6.45, 7) is 5.71. The van der Waals surface area contributed by atoms with Crippen LogP contribution in [0, 0.1) is 6.92 Å². The second-order valence-electron chi connectivity index (χ2n) is 5.86. The van der Waals surface area contributed by atoms with Crippen LogP contribution >= 0.6 is 11.6 Å². The Hall–Kier alpha value is -3.05. The van der Waals surface area contributed by atoms with E-state index in [1.54, 1.807) is 48.5 Å². The lowest BCUT2D eigenvalue weighted by Crippen LogP contribution is -2.29. The number of hydrogen-bond donors (Lipinski definition) is 2. The number of aromatic nitrogens is 1. The second-order valence-corrected chi connectivity index (χ2v) is 6.27. The monoisotopic (exact) mass is 368 g/mol. The lowest BCUT2D eigenvalue weighted by atomic mass is 10.1. The molecule has 132 valence electrons. The number of pyridine rings is 1. The first-order valence-corrected chi connectivity index (χ1v) is 8.34. The number of allylic oxidation sites excluding steroid dienone is 1. The third kappa shape index (κ3) is 3.09. The highest BCUT2D eigenvalue weighted by molar-refractivity contribution is 6.31. The predicted molar refractivity (Wildman–Crippen MR) is 104 cm³/mol. The molecule has 2 N–H and O–H groups in total. The van der Waals surface area contributed by atoms with Crippen molar-refractivity contribution in [3.8, 4) is 5.75 Å². The molecule has 0 spiro atoms. The van der Waals surface area contributed by atoms with Crippen LogP contribution in [0.5, 0.6) is 5.75 Å². The van der Waals surface area contributed by atoms with E-state index in [2.05, 4.69) is 11.9 Å². The summed E-state index contributed by atoms with van der Waals surface area (Å²) in [6, 6.07) is 11.9. The van der Waals surface area contributed by atoms with Crippen molar-refractivity contribution < 1.29 is 9.90 Å². The van der Waals surface area contributed by atoms with Crippen LogP contribution in [0.2, 0.25) is 5.02 Å². The first kappa shape index (κ1) is 17.8. The summed E-state index contributed by atoms with van der Waals surface area (Å²) in [6.07, 6.45) is 1.56. The summed E-state index contributed by atoms with van der Waals surface area (Å²) in [5.41, 5.74) is 0.934. The minimum atomic E-state index is -0.698. The highest BCUT2D eigenvalue weighted by atomic mass is 35.5. The van der Waals surface area contributed by atoms with Crippen molar-refractivity contribution in [3.63, 3.8) is 0 Å². The number of nitrogens with one attached hydrogen (secondary N) is 1. The van der Waals surface area contributed by atoms with Gasteiger partial charge < -0.3 is 15.0 Å². The Morgan fingerprint density at radius 2 is 2.04 bits per heavy atom. The quantitative estimate of drug-likeness (QED) is 0.681. The lowest BCUT2D eigenvalue weighted by molar-refractivity contribution is 0.102. The fraction of sp³-hybridized carbons (Fsp3) is 0.100. The number of fused-ring (bicyclic) bond motifs is 1. The number of hydrogen-bond acceptors (Lipinski definition) is 3. The van der Waals surface area contributed by atoms with Crippen molar-refractivity contribution in [3.05, 3.63) is 81.6 Å². The largest absolute Gasteiger partial charge is 0.506 e. The Morgan fingerprint density at radius 1 is 1.31 bits per heavy atom. The molecule has 0 atom stereocenters. The van der Waals surface area contributed by atoms with Gasteiger partial charge in [0.1, 0.15) is 11.3 Å². The van der Waals surface area contributed by atoms with Crippen LogP contribution in [0.1, 0.15) is 15.9 Å². The van der Waals surface area contributed by atoms with Crippen LogP contribution in [0.25, 0.3) is 10.9 Å². The molecule has 0 fully saturated rings. The van der Waals surface area contributed by atoms with Gasteiger partial charge in [0.05, 0.1) is 5.52 Å². The van der Waals surface area contributed by atoms with Gasteiger partial charge in [-0.1, -0.05) is 35.9 Å². The molecule has 2 aromatic carbocycles. The molecule has 0 saturated carbocycles. The van der Waals surface area contributed by atoms with E-state index in [-0.39, 0.29) is 17.9 Å². The molecule has 0 unspecified atom stereocenters. The highest BCUT2D eigenvalue weighted by Crippen LogP contribution is 2.27. The molecular weight excluding hydrogens is 352 g/mol. The fourth-order valence-corrected chi connectivity index (χ4v) is 2.95. The molecule has 5 nitrogen and oxygen atoms in total. The number of amides is 1. The number of anilines is 1. The Morgan fingerprint density at radius 3 is 2.73 bits per heavy atom. The Labute approximate surface area is 155 Å². The third-order valence-corrected chi connectivity index (χ3v) is 4.52. The molecule has 3 aromatic rings. The van der Waals surface area contributed by atoms with Gasteiger partial charge in [-0.3, -0.25) is 9.59 Å². The van der Waals surface area contributed by atoms with E-state index in [0.29, 0.717) is 21.6 Å². The van der Waals surface area contributed by atoms with Gasteiger partial charge in [0.25, 0.3) is 11.5 Å². The molecule has 6 heteroatoms. The fourth-order valence-electron chi connectivity index (χ4n) is 2.77. The number of benzene rings is 2. The standard InChI is InChI=1S/C20H17ClN2O3/c1-3-10-23-16-7-5-4-6-14(16)18(24)17(20(23)26)19(25)22-13-9-8-12(2)15(21)11-13/h3-9,11,24H,1,10H2,2H3,(H,22,25). The maximum absolute atomic E-state index is 12.8. The Bertz CT molecular complexity index is 1090. The first-order chi connectivity index (χ1) is 12.4. The highest BCUT2D eigenvalue weighted by Gasteiger charge is 2.22. The minimum absolute atomic E-state index is 0.219. The van der Waals surface area contributed by atoms with E-state index < -0.39 is 11.5 Å². The normalized spacial score (nSPS) is 10.7. The zero-order chi connectivity index (χ0) is 18.8. The topological polar surface area (TPSA) is 71.3 Å². The van der Waals surface area contributed by atoms with Gasteiger partial charge in [-0.15, -0.1) is 6.58 Å². The Balaban J connectivity index is 2.14. The average molecular weight is 369 g/mol. The molecule has 0 aliphatic heterocycles. The van der Waals surface area contributed by atoms with Gasteiger partial charge in [-0.05, 0) is 36.8 Å². The van der Waals surface area contributed by atoms with Gasteiger partial charge in [0.2, 0.25) is 0 Å². The van der Waals surface area contributed by atoms with E-state index in [0.717, 1.165) is 5.56 Å². The van der Waals surface area contributed by atoms with Crippen molar-refractivity contribution >= 4 is 34.1 Å². The smallest absolute Gasteiger partial charge is 0.268 e. The van der Waals surface area contributed by atoms with Gasteiger partial charge in [0, 0.05) is 22.6 Å². The van der Waals surface area contributed by atoms with Gasteiger partial charge in [0.15, 0.2) is 0 Å². The van der Waals surface area contributed by atoms with Crippen molar-refractivity contribution in [2.24, 2.45) is 0 Å². The lowest BCUT2D eigenvalue weighted by Gasteiger charge is -2.14. The molecular formula is C20H17ClN2O3. The molecule has 0 bridgehead atoms. The van der Waals surface area contributed by atoms with E-state index in [1.807, 2.05) is 6.92 Å². The van der Waals surface area contributed by atoms with Crippen molar-refractivity contribution in [1.29, 1.82) is 0 Å². The number of carbonyl (C=O) groups is 1. The number of nitrogens with zero attached hydrogens (tertiary/aromatic N) is 1. The average Bonchev–Trinajstić information content (AvgIpc) is 2.62. The number of aryl methyl sites for hydroxylation is 1. The van der Waals surface area contributed by atoms with Crippen LogP contribution in [-0.2, 0) is 6.54 Å². The molecule has 1 aromatic heterocycles. The van der Waals surface area contributed by atoms with Crippen LogP contribution in [0.15, 0.2) is 59.9 Å².